The highest BCUT2D eigenvalue weighted by Crippen LogP contribution is 2.41. The lowest BCUT2D eigenvalue weighted by Crippen LogP contribution is -2.43. The van der Waals surface area contributed by atoms with Crippen molar-refractivity contribution in [3.63, 3.8) is 0 Å². The zero-order chi connectivity index (χ0) is 16.2. The van der Waals surface area contributed by atoms with Crippen molar-refractivity contribution in [1.29, 1.82) is 0 Å². The number of hydrogen-bond acceptors (Lipinski definition) is 5. The van der Waals surface area contributed by atoms with Crippen LogP contribution in [0.25, 0.3) is 0 Å². The number of anilines is 1. The van der Waals surface area contributed by atoms with Gasteiger partial charge in [-0.15, -0.1) is 0 Å². The van der Waals surface area contributed by atoms with Crippen LogP contribution >= 0.6 is 0 Å². The molecule has 1 spiro atoms. The maximum atomic E-state index is 5.91. The van der Waals surface area contributed by atoms with Gasteiger partial charge in [0.1, 0.15) is 0 Å². The van der Waals surface area contributed by atoms with Crippen molar-refractivity contribution in [1.82, 2.24) is 9.97 Å². The number of rotatable bonds is 4. The molecule has 24 heavy (non-hydrogen) atoms. The zero-order valence-electron chi connectivity index (χ0n) is 14.6. The molecule has 0 atom stereocenters. The summed E-state index contributed by atoms with van der Waals surface area (Å²) >= 11 is 0. The van der Waals surface area contributed by atoms with Gasteiger partial charge in [0.05, 0.1) is 19.0 Å². The smallest absolute Gasteiger partial charge is 0.234 e. The topological polar surface area (TPSA) is 47.5 Å². The van der Waals surface area contributed by atoms with E-state index in [4.69, 9.17) is 14.5 Å². The van der Waals surface area contributed by atoms with Gasteiger partial charge >= 0.3 is 0 Å². The third-order valence-corrected chi connectivity index (χ3v) is 6.24. The second-order valence-electron chi connectivity index (χ2n) is 7.78. The molecule has 3 heterocycles. The summed E-state index contributed by atoms with van der Waals surface area (Å²) in [6.45, 7) is 4.80. The molecule has 1 aromatic heterocycles. The molecule has 132 valence electrons. The number of hydrogen-bond donors (Lipinski definition) is 0. The molecule has 0 aromatic carbocycles. The minimum atomic E-state index is 0.513. The van der Waals surface area contributed by atoms with Gasteiger partial charge in [-0.05, 0) is 49.9 Å². The average Bonchev–Trinajstić information content (AvgIpc) is 3.15. The van der Waals surface area contributed by atoms with E-state index >= 15 is 0 Å². The summed E-state index contributed by atoms with van der Waals surface area (Å²) < 4.78 is 11.5. The Morgan fingerprint density at radius 3 is 2.58 bits per heavy atom. The first kappa shape index (κ1) is 16.1. The van der Waals surface area contributed by atoms with Crippen molar-refractivity contribution >= 4 is 5.82 Å². The standard InChI is InChI=1S/C19H29N3O2/c1-2-4-16(3-1)15-24-18-14-20-13-17(21-18)22-9-5-19(6-10-22)7-11-23-12-8-19/h13-14,16H,1-12,15H2. The molecule has 2 aliphatic heterocycles. The van der Waals surface area contributed by atoms with Crippen LogP contribution in [-0.2, 0) is 4.74 Å². The second-order valence-corrected chi connectivity index (χ2v) is 7.78. The van der Waals surface area contributed by atoms with Crippen molar-refractivity contribution in [3.05, 3.63) is 12.4 Å². The van der Waals surface area contributed by atoms with Crippen LogP contribution in [0.5, 0.6) is 5.88 Å². The predicted molar refractivity (Wildman–Crippen MR) is 93.4 cm³/mol. The van der Waals surface area contributed by atoms with Gasteiger partial charge in [-0.3, -0.25) is 4.98 Å². The Labute approximate surface area is 144 Å². The van der Waals surface area contributed by atoms with Crippen molar-refractivity contribution < 1.29 is 9.47 Å². The van der Waals surface area contributed by atoms with Gasteiger partial charge in [-0.2, -0.15) is 4.98 Å². The molecule has 0 bridgehead atoms. The summed E-state index contributed by atoms with van der Waals surface area (Å²) in [5.41, 5.74) is 0.513. The molecule has 0 unspecified atom stereocenters. The van der Waals surface area contributed by atoms with Crippen molar-refractivity contribution in [2.45, 2.75) is 51.4 Å². The fourth-order valence-corrected chi connectivity index (χ4v) is 4.46. The first-order valence-corrected chi connectivity index (χ1v) is 9.61. The van der Waals surface area contributed by atoms with Crippen LogP contribution in [0, 0.1) is 11.3 Å². The number of ether oxygens (including phenoxy) is 2. The third kappa shape index (κ3) is 3.66. The molecule has 1 aliphatic carbocycles. The maximum absolute atomic E-state index is 5.91. The summed E-state index contributed by atoms with van der Waals surface area (Å²) in [7, 11) is 0. The van der Waals surface area contributed by atoms with Gasteiger partial charge in [-0.1, -0.05) is 12.8 Å². The van der Waals surface area contributed by atoms with Crippen LogP contribution in [0.2, 0.25) is 0 Å². The monoisotopic (exact) mass is 331 g/mol. The van der Waals surface area contributed by atoms with E-state index in [-0.39, 0.29) is 0 Å². The van der Waals surface area contributed by atoms with Crippen LogP contribution in [0.1, 0.15) is 51.4 Å². The Morgan fingerprint density at radius 1 is 1.08 bits per heavy atom. The van der Waals surface area contributed by atoms with E-state index in [0.29, 0.717) is 17.2 Å². The molecule has 1 aromatic rings. The molecule has 0 amide bonds. The lowest BCUT2D eigenvalue weighted by Gasteiger charge is -2.44. The molecule has 0 radical (unpaired) electrons. The molecular weight excluding hydrogens is 302 g/mol. The zero-order valence-corrected chi connectivity index (χ0v) is 14.6. The minimum Gasteiger partial charge on any atom is -0.476 e. The Morgan fingerprint density at radius 2 is 1.83 bits per heavy atom. The van der Waals surface area contributed by atoms with Crippen LogP contribution in [0.3, 0.4) is 0 Å². The second kappa shape index (κ2) is 7.26. The molecule has 0 N–H and O–H groups in total. The molecule has 1 saturated carbocycles. The highest BCUT2D eigenvalue weighted by molar-refractivity contribution is 5.38. The molecule has 5 heteroatoms. The Hall–Kier alpha value is -1.36. The Kier molecular flexibility index (Phi) is 4.88. The van der Waals surface area contributed by atoms with Gasteiger partial charge in [0.2, 0.25) is 5.88 Å². The van der Waals surface area contributed by atoms with Crippen LogP contribution in [-0.4, -0.2) is 42.9 Å². The summed E-state index contributed by atoms with van der Waals surface area (Å²) in [6, 6.07) is 0. The van der Waals surface area contributed by atoms with Crippen LogP contribution < -0.4 is 9.64 Å². The van der Waals surface area contributed by atoms with E-state index in [0.717, 1.165) is 38.7 Å². The molecule has 3 fully saturated rings. The number of nitrogens with zero attached hydrogens (tertiary/aromatic N) is 3. The third-order valence-electron chi connectivity index (χ3n) is 6.24. The first-order chi connectivity index (χ1) is 11.8. The normalized spacial score (nSPS) is 24.4. The average molecular weight is 331 g/mol. The van der Waals surface area contributed by atoms with E-state index in [2.05, 4.69) is 9.88 Å². The highest BCUT2D eigenvalue weighted by atomic mass is 16.5. The van der Waals surface area contributed by atoms with Crippen molar-refractivity contribution in [2.24, 2.45) is 11.3 Å². The van der Waals surface area contributed by atoms with E-state index in [1.165, 1.54) is 51.4 Å². The Bertz CT molecular complexity index is 529. The molecular formula is C19H29N3O2. The quantitative estimate of drug-likeness (QED) is 0.846. The summed E-state index contributed by atoms with van der Waals surface area (Å²) in [5.74, 6) is 2.37. The first-order valence-electron chi connectivity index (χ1n) is 9.61. The molecule has 2 saturated heterocycles. The van der Waals surface area contributed by atoms with Crippen molar-refractivity contribution in [3.8, 4) is 5.88 Å². The minimum absolute atomic E-state index is 0.513. The van der Waals surface area contributed by atoms with Gasteiger partial charge in [0.15, 0.2) is 5.82 Å². The van der Waals surface area contributed by atoms with Crippen LogP contribution in [0.15, 0.2) is 12.4 Å². The summed E-state index contributed by atoms with van der Waals surface area (Å²) in [5, 5.41) is 0. The number of aromatic nitrogens is 2. The molecule has 3 aliphatic rings. The molecule has 5 nitrogen and oxygen atoms in total. The largest absolute Gasteiger partial charge is 0.476 e. The van der Waals surface area contributed by atoms with Gasteiger partial charge < -0.3 is 14.4 Å². The van der Waals surface area contributed by atoms with E-state index in [9.17, 15) is 0 Å². The SMILES string of the molecule is c1ncc(N2CCC3(CCOCC3)CC2)nc1OCC1CCCC1. The summed E-state index contributed by atoms with van der Waals surface area (Å²) in [4.78, 5) is 11.4. The lowest BCUT2D eigenvalue weighted by molar-refractivity contribution is 0.00205. The van der Waals surface area contributed by atoms with E-state index < -0.39 is 0 Å². The molecule has 4 rings (SSSR count). The van der Waals surface area contributed by atoms with E-state index in [1.54, 1.807) is 6.20 Å². The van der Waals surface area contributed by atoms with E-state index in [1.807, 2.05) is 6.20 Å². The number of piperidine rings is 1. The highest BCUT2D eigenvalue weighted by Gasteiger charge is 2.36. The van der Waals surface area contributed by atoms with Gasteiger partial charge in [0.25, 0.3) is 0 Å². The maximum Gasteiger partial charge on any atom is 0.234 e. The van der Waals surface area contributed by atoms with Crippen molar-refractivity contribution in [2.75, 3.05) is 37.8 Å². The predicted octanol–water partition coefficient (Wildman–Crippen LogP) is 3.44. The fraction of sp³-hybridized carbons (Fsp3) is 0.789. The summed E-state index contributed by atoms with van der Waals surface area (Å²) in [6.07, 6.45) is 13.8. The fourth-order valence-electron chi connectivity index (χ4n) is 4.46. The van der Waals surface area contributed by atoms with Gasteiger partial charge in [-0.25, -0.2) is 0 Å². The Balaban J connectivity index is 1.33. The van der Waals surface area contributed by atoms with Crippen LogP contribution in [0.4, 0.5) is 5.82 Å². The lowest BCUT2D eigenvalue weighted by atomic mass is 9.72. The van der Waals surface area contributed by atoms with Gasteiger partial charge in [0, 0.05) is 26.3 Å².